The zero-order valence-corrected chi connectivity index (χ0v) is 11.7. The number of anilines is 1. The molecule has 2 aromatic rings. The summed E-state index contributed by atoms with van der Waals surface area (Å²) in [7, 11) is 1.84. The van der Waals surface area contributed by atoms with Crippen LogP contribution in [0.5, 0.6) is 11.6 Å². The van der Waals surface area contributed by atoms with Crippen molar-refractivity contribution in [2.24, 2.45) is 0 Å². The molecule has 0 aromatic carbocycles. The van der Waals surface area contributed by atoms with Crippen LogP contribution in [0.4, 0.5) is 5.82 Å². The van der Waals surface area contributed by atoms with Gasteiger partial charge in [0.25, 0.3) is 0 Å². The molecule has 100 valence electrons. The molecule has 5 heteroatoms. The minimum atomic E-state index is 0.571. The van der Waals surface area contributed by atoms with Gasteiger partial charge in [-0.2, -0.15) is 4.98 Å². The summed E-state index contributed by atoms with van der Waals surface area (Å²) in [6.45, 7) is 5.89. The van der Waals surface area contributed by atoms with Crippen LogP contribution in [0.25, 0.3) is 0 Å². The van der Waals surface area contributed by atoms with Crippen LogP contribution in [0, 0.1) is 13.8 Å². The molecule has 0 fully saturated rings. The van der Waals surface area contributed by atoms with Crippen molar-refractivity contribution >= 4 is 5.82 Å². The van der Waals surface area contributed by atoms with E-state index in [4.69, 9.17) is 4.74 Å². The average Bonchev–Trinajstić information content (AvgIpc) is 2.43. The highest BCUT2D eigenvalue weighted by Gasteiger charge is 2.11. The number of hydrogen-bond acceptors (Lipinski definition) is 5. The van der Waals surface area contributed by atoms with Crippen LogP contribution in [0.2, 0.25) is 0 Å². The molecular weight excluding hydrogens is 240 g/mol. The van der Waals surface area contributed by atoms with Gasteiger partial charge in [0, 0.05) is 19.2 Å². The zero-order chi connectivity index (χ0) is 13.8. The van der Waals surface area contributed by atoms with Crippen LogP contribution in [-0.2, 0) is 6.42 Å². The first-order valence-corrected chi connectivity index (χ1v) is 6.29. The summed E-state index contributed by atoms with van der Waals surface area (Å²) >= 11 is 0. The van der Waals surface area contributed by atoms with Gasteiger partial charge in [0.2, 0.25) is 5.88 Å². The molecular formula is C14H18N4O. The number of pyridine rings is 1. The molecule has 0 amide bonds. The van der Waals surface area contributed by atoms with E-state index in [2.05, 4.69) is 20.3 Å². The maximum absolute atomic E-state index is 5.80. The van der Waals surface area contributed by atoms with Gasteiger partial charge in [-0.25, -0.2) is 4.98 Å². The van der Waals surface area contributed by atoms with Gasteiger partial charge in [-0.15, -0.1) is 0 Å². The molecule has 1 N–H and O–H groups in total. The molecule has 5 nitrogen and oxygen atoms in total. The summed E-state index contributed by atoms with van der Waals surface area (Å²) < 4.78 is 5.80. The van der Waals surface area contributed by atoms with E-state index in [9.17, 15) is 0 Å². The SMILES string of the molecule is CCc1nc(NC)c(C)c(Oc2ccc(C)nc2)n1. The smallest absolute Gasteiger partial charge is 0.227 e. The summed E-state index contributed by atoms with van der Waals surface area (Å²) in [4.78, 5) is 13.0. The second kappa shape index (κ2) is 5.65. The fourth-order valence-corrected chi connectivity index (χ4v) is 1.67. The summed E-state index contributed by atoms with van der Waals surface area (Å²) in [6.07, 6.45) is 2.46. The van der Waals surface area contributed by atoms with Crippen molar-refractivity contribution in [3.63, 3.8) is 0 Å². The highest BCUT2D eigenvalue weighted by Crippen LogP contribution is 2.26. The summed E-state index contributed by atoms with van der Waals surface area (Å²) in [5, 5.41) is 3.06. The predicted octanol–water partition coefficient (Wildman–Crippen LogP) is 2.88. The molecule has 0 bridgehead atoms. The molecule has 2 heterocycles. The van der Waals surface area contributed by atoms with Crippen LogP contribution in [-0.4, -0.2) is 22.0 Å². The van der Waals surface area contributed by atoms with Crippen molar-refractivity contribution in [2.75, 3.05) is 12.4 Å². The van der Waals surface area contributed by atoms with Gasteiger partial charge in [0.05, 0.1) is 11.8 Å². The Morgan fingerprint density at radius 3 is 2.58 bits per heavy atom. The Bertz CT molecular complexity index is 566. The fraction of sp³-hybridized carbons (Fsp3) is 0.357. The second-order valence-electron chi connectivity index (χ2n) is 4.26. The Morgan fingerprint density at radius 1 is 1.21 bits per heavy atom. The quantitative estimate of drug-likeness (QED) is 0.913. The maximum atomic E-state index is 5.80. The van der Waals surface area contributed by atoms with E-state index >= 15 is 0 Å². The van der Waals surface area contributed by atoms with Gasteiger partial charge >= 0.3 is 0 Å². The molecule has 0 aliphatic heterocycles. The highest BCUT2D eigenvalue weighted by atomic mass is 16.5. The van der Waals surface area contributed by atoms with Gasteiger partial charge in [-0.1, -0.05) is 6.92 Å². The number of ether oxygens (including phenoxy) is 1. The third kappa shape index (κ3) is 2.99. The molecule has 0 radical (unpaired) electrons. The summed E-state index contributed by atoms with van der Waals surface area (Å²) in [6, 6.07) is 3.79. The fourth-order valence-electron chi connectivity index (χ4n) is 1.67. The number of nitrogens with one attached hydrogen (secondary N) is 1. The van der Waals surface area contributed by atoms with Crippen LogP contribution in [0.3, 0.4) is 0 Å². The third-order valence-electron chi connectivity index (χ3n) is 2.80. The van der Waals surface area contributed by atoms with E-state index in [1.807, 2.05) is 40.0 Å². The van der Waals surface area contributed by atoms with E-state index in [0.717, 1.165) is 29.3 Å². The lowest BCUT2D eigenvalue weighted by molar-refractivity contribution is 0.453. The lowest BCUT2D eigenvalue weighted by Gasteiger charge is -2.12. The van der Waals surface area contributed by atoms with Gasteiger partial charge in [-0.3, -0.25) is 4.98 Å². The van der Waals surface area contributed by atoms with E-state index in [1.165, 1.54) is 0 Å². The van der Waals surface area contributed by atoms with E-state index in [1.54, 1.807) is 6.20 Å². The number of nitrogens with zero attached hydrogens (tertiary/aromatic N) is 3. The van der Waals surface area contributed by atoms with Gasteiger partial charge in [-0.05, 0) is 26.0 Å². The van der Waals surface area contributed by atoms with Gasteiger partial charge < -0.3 is 10.1 Å². The van der Waals surface area contributed by atoms with Crippen molar-refractivity contribution < 1.29 is 4.74 Å². The molecule has 0 saturated heterocycles. The average molecular weight is 258 g/mol. The molecule has 0 spiro atoms. The molecule has 2 rings (SSSR count). The molecule has 0 aliphatic rings. The predicted molar refractivity (Wildman–Crippen MR) is 74.7 cm³/mol. The molecule has 0 unspecified atom stereocenters. The number of aromatic nitrogens is 3. The normalized spacial score (nSPS) is 10.3. The standard InChI is InChI=1S/C14H18N4O/c1-5-12-17-13(15-4)10(3)14(18-12)19-11-7-6-9(2)16-8-11/h6-8H,5H2,1-4H3,(H,15,17,18). The third-order valence-corrected chi connectivity index (χ3v) is 2.80. The van der Waals surface area contributed by atoms with Crippen LogP contribution in [0.1, 0.15) is 24.0 Å². The lowest BCUT2D eigenvalue weighted by atomic mass is 10.3. The van der Waals surface area contributed by atoms with Gasteiger partial charge in [0.15, 0.2) is 0 Å². The minimum Gasteiger partial charge on any atom is -0.437 e. The van der Waals surface area contributed by atoms with Crippen LogP contribution < -0.4 is 10.1 Å². The van der Waals surface area contributed by atoms with E-state index in [0.29, 0.717) is 11.6 Å². The first-order valence-electron chi connectivity index (χ1n) is 6.29. The molecule has 0 atom stereocenters. The Balaban J connectivity index is 2.35. The maximum Gasteiger partial charge on any atom is 0.227 e. The topological polar surface area (TPSA) is 59.9 Å². The van der Waals surface area contributed by atoms with Crippen LogP contribution in [0.15, 0.2) is 18.3 Å². The van der Waals surface area contributed by atoms with Crippen molar-refractivity contribution in [1.29, 1.82) is 0 Å². The van der Waals surface area contributed by atoms with Gasteiger partial charge in [0.1, 0.15) is 17.4 Å². The van der Waals surface area contributed by atoms with Crippen LogP contribution >= 0.6 is 0 Å². The molecule has 19 heavy (non-hydrogen) atoms. The van der Waals surface area contributed by atoms with Crippen molar-refractivity contribution in [1.82, 2.24) is 15.0 Å². The monoisotopic (exact) mass is 258 g/mol. The van der Waals surface area contributed by atoms with E-state index < -0.39 is 0 Å². The Kier molecular flexibility index (Phi) is 3.94. The first-order chi connectivity index (χ1) is 9.13. The van der Waals surface area contributed by atoms with Crippen molar-refractivity contribution in [3.05, 3.63) is 35.4 Å². The largest absolute Gasteiger partial charge is 0.437 e. The van der Waals surface area contributed by atoms with E-state index in [-0.39, 0.29) is 0 Å². The Morgan fingerprint density at radius 2 is 2.00 bits per heavy atom. The first kappa shape index (κ1) is 13.3. The highest BCUT2D eigenvalue weighted by molar-refractivity contribution is 5.49. The summed E-state index contributed by atoms with van der Waals surface area (Å²) in [5.41, 5.74) is 1.84. The lowest BCUT2D eigenvalue weighted by Crippen LogP contribution is -2.04. The Labute approximate surface area is 113 Å². The Hall–Kier alpha value is -2.17. The van der Waals surface area contributed by atoms with Crippen molar-refractivity contribution in [3.8, 4) is 11.6 Å². The second-order valence-corrected chi connectivity index (χ2v) is 4.26. The molecule has 0 saturated carbocycles. The number of aryl methyl sites for hydroxylation is 2. The summed E-state index contributed by atoms with van der Waals surface area (Å²) in [5.74, 6) is 2.80. The number of rotatable bonds is 4. The number of hydrogen-bond donors (Lipinski definition) is 1. The zero-order valence-electron chi connectivity index (χ0n) is 11.7. The minimum absolute atomic E-state index is 0.571. The molecule has 2 aromatic heterocycles. The molecule has 0 aliphatic carbocycles. The van der Waals surface area contributed by atoms with Crippen molar-refractivity contribution in [2.45, 2.75) is 27.2 Å².